The summed E-state index contributed by atoms with van der Waals surface area (Å²) in [6.45, 7) is 3.27. The number of aliphatic hydroxyl groups is 1. The summed E-state index contributed by atoms with van der Waals surface area (Å²) in [6, 6.07) is 25.8. The summed E-state index contributed by atoms with van der Waals surface area (Å²) in [6.07, 6.45) is 7.63. The van der Waals surface area contributed by atoms with Crippen molar-refractivity contribution >= 4 is 29.1 Å². The van der Waals surface area contributed by atoms with Gasteiger partial charge in [0.1, 0.15) is 23.5 Å². The van der Waals surface area contributed by atoms with Crippen molar-refractivity contribution in [2.75, 3.05) is 33.4 Å². The molecule has 1 aromatic heterocycles. The Morgan fingerprint density at radius 1 is 0.881 bits per heavy atom. The maximum Gasteiger partial charge on any atom is 0.126 e. The Bertz CT molecular complexity index is 1510. The number of benzene rings is 3. The lowest BCUT2D eigenvalue weighted by Gasteiger charge is -2.32. The maximum absolute atomic E-state index is 10.9. The number of methoxy groups -OCH3 is 1. The van der Waals surface area contributed by atoms with Crippen LogP contribution in [0.3, 0.4) is 0 Å². The topological polar surface area (TPSA) is 54.8 Å². The van der Waals surface area contributed by atoms with Gasteiger partial charge in [-0.1, -0.05) is 72.3 Å². The lowest BCUT2D eigenvalue weighted by molar-refractivity contribution is 0.0655. The highest BCUT2D eigenvalue weighted by molar-refractivity contribution is 7.09. The molecule has 1 N–H and O–H groups in total. The van der Waals surface area contributed by atoms with Crippen LogP contribution in [-0.4, -0.2) is 54.4 Å². The zero-order valence-electron chi connectivity index (χ0n) is 24.2. The van der Waals surface area contributed by atoms with Crippen LogP contribution in [0.25, 0.3) is 17.7 Å². The molecule has 6 rings (SSSR count). The van der Waals surface area contributed by atoms with Crippen molar-refractivity contribution in [2.24, 2.45) is 0 Å². The molecule has 1 atom stereocenters. The van der Waals surface area contributed by atoms with Crippen LogP contribution in [0, 0.1) is 0 Å². The Labute approximate surface area is 252 Å². The van der Waals surface area contributed by atoms with E-state index in [1.165, 1.54) is 33.4 Å². The summed E-state index contributed by atoms with van der Waals surface area (Å²) in [5, 5.41) is 13.9. The van der Waals surface area contributed by atoms with Gasteiger partial charge < -0.3 is 14.6 Å². The van der Waals surface area contributed by atoms with E-state index in [4.69, 9.17) is 9.47 Å². The van der Waals surface area contributed by atoms with Crippen LogP contribution < -0.4 is 4.74 Å². The number of hydrogen-bond donors (Lipinski definition) is 1. The van der Waals surface area contributed by atoms with E-state index in [-0.39, 0.29) is 6.61 Å². The fraction of sp³-hybridized carbons (Fsp3) is 0.306. The highest BCUT2D eigenvalue weighted by Crippen LogP contribution is 2.38. The number of hydrogen-bond acceptors (Lipinski definition) is 6. The van der Waals surface area contributed by atoms with Crippen LogP contribution in [0.5, 0.6) is 5.75 Å². The number of nitrogens with zero attached hydrogens (tertiary/aromatic N) is 2. The molecule has 1 unspecified atom stereocenters. The minimum absolute atomic E-state index is 0.255. The van der Waals surface area contributed by atoms with Crippen LogP contribution in [0.4, 0.5) is 0 Å². The predicted octanol–water partition coefficient (Wildman–Crippen LogP) is 6.90. The minimum atomic E-state index is -0.564. The number of aliphatic hydroxyl groups excluding tert-OH is 1. The highest BCUT2D eigenvalue weighted by atomic mass is 32.1. The van der Waals surface area contributed by atoms with Crippen LogP contribution in [0.2, 0.25) is 0 Å². The Balaban J connectivity index is 1.08. The molecular weight excluding hydrogens is 540 g/mol. The first-order chi connectivity index (χ1) is 20.7. The number of likely N-dealkylation sites (tertiary alicyclic amines) is 1. The Hall–Kier alpha value is -3.55. The number of aryl methyl sites for hydroxylation is 2. The summed E-state index contributed by atoms with van der Waals surface area (Å²) < 4.78 is 11.3. The third kappa shape index (κ3) is 6.74. The third-order valence-corrected chi connectivity index (χ3v) is 8.98. The summed E-state index contributed by atoms with van der Waals surface area (Å²) in [5.74, 6) is 0.761. The van der Waals surface area contributed by atoms with Gasteiger partial charge in [0.25, 0.3) is 0 Å². The summed E-state index contributed by atoms with van der Waals surface area (Å²) in [5.41, 5.74) is 10.5. The number of fused-ring (bicyclic) bond motifs is 2. The number of β-amino-alcohol motifs (C(OH)–C–C–N with tert-alkyl or cyclic N) is 1. The molecule has 3 aromatic carbocycles. The SMILES string of the molecule is COCc1nc(C=Cc2ccccc2OCC(O)CN2CCC(=C3c4ccccc4CCc4ccccc43)CC2)cs1. The van der Waals surface area contributed by atoms with Crippen LogP contribution in [-0.2, 0) is 24.2 Å². The largest absolute Gasteiger partial charge is 0.490 e. The average molecular weight is 579 g/mol. The van der Waals surface area contributed by atoms with Crippen LogP contribution >= 0.6 is 11.3 Å². The standard InChI is InChI=1S/C36H38N2O3S/c1-40-24-35-37-30(25-42-35)17-16-28-10-4-7-13-34(28)41-23-31(39)22-38-20-18-29(19-21-38)36-32-11-5-2-8-26(32)14-15-27-9-3-6-12-33(27)36/h2-13,16-17,25,31,39H,14-15,18-24H2,1H3. The molecule has 0 spiro atoms. The van der Waals surface area contributed by atoms with Gasteiger partial charge >= 0.3 is 0 Å². The molecule has 4 aromatic rings. The summed E-state index contributed by atoms with van der Waals surface area (Å²) in [4.78, 5) is 6.94. The Morgan fingerprint density at radius 2 is 1.55 bits per heavy atom. The van der Waals surface area contributed by atoms with E-state index in [1.54, 1.807) is 18.4 Å². The summed E-state index contributed by atoms with van der Waals surface area (Å²) >= 11 is 1.59. The van der Waals surface area contributed by atoms with Crippen molar-refractivity contribution in [1.82, 2.24) is 9.88 Å². The van der Waals surface area contributed by atoms with E-state index >= 15 is 0 Å². The van der Waals surface area contributed by atoms with Crippen LogP contribution in [0.1, 0.15) is 51.4 Å². The molecule has 1 saturated heterocycles. The van der Waals surface area contributed by atoms with E-state index in [0.29, 0.717) is 13.2 Å². The molecule has 6 heteroatoms. The Morgan fingerprint density at radius 3 is 2.26 bits per heavy atom. The van der Waals surface area contributed by atoms with Crippen molar-refractivity contribution in [3.05, 3.63) is 122 Å². The second-order valence-corrected chi connectivity index (χ2v) is 12.0. The number of thiazole rings is 1. The first-order valence-corrected chi connectivity index (χ1v) is 15.7. The van der Waals surface area contributed by atoms with E-state index in [9.17, 15) is 5.11 Å². The predicted molar refractivity (Wildman–Crippen MR) is 172 cm³/mol. The molecule has 0 amide bonds. The zero-order valence-corrected chi connectivity index (χ0v) is 25.0. The van der Waals surface area contributed by atoms with Gasteiger partial charge in [-0.25, -0.2) is 4.98 Å². The molecule has 1 aliphatic heterocycles. The number of para-hydroxylation sites is 1. The fourth-order valence-corrected chi connectivity index (χ4v) is 6.80. The first-order valence-electron chi connectivity index (χ1n) is 14.8. The molecular formula is C36H38N2O3S. The van der Waals surface area contributed by atoms with Gasteiger partial charge in [0.2, 0.25) is 0 Å². The lowest BCUT2D eigenvalue weighted by Crippen LogP contribution is -2.39. The van der Waals surface area contributed by atoms with Gasteiger partial charge in [-0.2, -0.15) is 0 Å². The molecule has 42 heavy (non-hydrogen) atoms. The number of rotatable bonds is 9. The molecule has 2 heterocycles. The molecule has 1 fully saturated rings. The molecule has 5 nitrogen and oxygen atoms in total. The van der Waals surface area contributed by atoms with Crippen LogP contribution in [0.15, 0.2) is 83.7 Å². The monoisotopic (exact) mass is 578 g/mol. The van der Waals surface area contributed by atoms with E-state index in [1.807, 2.05) is 41.8 Å². The van der Waals surface area contributed by atoms with Crippen molar-refractivity contribution in [3.8, 4) is 5.75 Å². The molecule has 1 aliphatic carbocycles. The molecule has 2 aliphatic rings. The van der Waals surface area contributed by atoms with E-state index in [2.05, 4.69) is 58.4 Å². The van der Waals surface area contributed by atoms with Crippen molar-refractivity contribution < 1.29 is 14.6 Å². The molecule has 0 radical (unpaired) electrons. The third-order valence-electron chi connectivity index (χ3n) is 8.14. The first kappa shape index (κ1) is 28.6. The smallest absolute Gasteiger partial charge is 0.126 e. The van der Waals surface area contributed by atoms with Gasteiger partial charge in [0, 0.05) is 37.7 Å². The zero-order chi connectivity index (χ0) is 28.7. The average Bonchev–Trinajstić information content (AvgIpc) is 3.40. The lowest BCUT2D eigenvalue weighted by atomic mass is 9.86. The van der Waals surface area contributed by atoms with Gasteiger partial charge in [-0.05, 0) is 71.7 Å². The minimum Gasteiger partial charge on any atom is -0.490 e. The molecule has 0 saturated carbocycles. The second-order valence-electron chi connectivity index (χ2n) is 11.0. The number of ether oxygens (including phenoxy) is 2. The van der Waals surface area contributed by atoms with Gasteiger partial charge in [0.05, 0.1) is 12.3 Å². The fourth-order valence-electron chi connectivity index (χ4n) is 6.07. The maximum atomic E-state index is 10.9. The normalized spacial score (nSPS) is 16.2. The van der Waals surface area contributed by atoms with Gasteiger partial charge in [-0.3, -0.25) is 4.90 Å². The van der Waals surface area contributed by atoms with E-state index in [0.717, 1.165) is 60.8 Å². The van der Waals surface area contributed by atoms with Gasteiger partial charge in [-0.15, -0.1) is 11.3 Å². The summed E-state index contributed by atoms with van der Waals surface area (Å²) in [7, 11) is 1.68. The van der Waals surface area contributed by atoms with E-state index < -0.39 is 6.10 Å². The number of aromatic nitrogens is 1. The molecule has 216 valence electrons. The number of piperidine rings is 1. The molecule has 0 bridgehead atoms. The Kier molecular flexibility index (Phi) is 9.26. The highest BCUT2D eigenvalue weighted by Gasteiger charge is 2.24. The van der Waals surface area contributed by atoms with Crippen molar-refractivity contribution in [3.63, 3.8) is 0 Å². The quantitative estimate of drug-likeness (QED) is 0.234. The van der Waals surface area contributed by atoms with Crippen molar-refractivity contribution in [1.29, 1.82) is 0 Å². The van der Waals surface area contributed by atoms with Crippen molar-refractivity contribution in [2.45, 2.75) is 38.4 Å². The second kappa shape index (κ2) is 13.6. The van der Waals surface area contributed by atoms with Gasteiger partial charge in [0.15, 0.2) is 0 Å².